The molecule has 0 aliphatic rings. The minimum Gasteiger partial charge on any atom is -0.266 e. The lowest BCUT2D eigenvalue weighted by molar-refractivity contribution is 0.758. The molecule has 0 saturated heterocycles. The van der Waals surface area contributed by atoms with Crippen LogP contribution >= 0.6 is 0 Å². The Morgan fingerprint density at radius 2 is 2.00 bits per heavy atom. The lowest BCUT2D eigenvalue weighted by Crippen LogP contribution is -1.91. The molecule has 0 aliphatic carbocycles. The Labute approximate surface area is 69.5 Å². The first-order valence-corrected chi connectivity index (χ1v) is 3.93. The molecule has 0 spiro atoms. The van der Waals surface area contributed by atoms with Gasteiger partial charge in [-0.2, -0.15) is 0 Å². The second-order valence-corrected chi connectivity index (χ2v) is 2.96. The molecule has 0 aromatic carbocycles. The van der Waals surface area contributed by atoms with E-state index in [0.29, 0.717) is 5.92 Å². The lowest BCUT2D eigenvalue weighted by Gasteiger charge is -2.04. The van der Waals surface area contributed by atoms with Crippen molar-refractivity contribution in [3.05, 3.63) is 23.9 Å². The lowest BCUT2D eigenvalue weighted by atomic mass is 10.1. The first-order chi connectivity index (χ1) is 5.07. The molecule has 1 nitrogen and oxygen atoms in total. The van der Waals surface area contributed by atoms with Gasteiger partial charge in [-0.25, -0.2) is 0 Å². The van der Waals surface area contributed by atoms with Gasteiger partial charge in [0.2, 0.25) is 0 Å². The summed E-state index contributed by atoms with van der Waals surface area (Å²) < 4.78 is 0. The van der Waals surface area contributed by atoms with Crippen LogP contribution in [0.3, 0.4) is 0 Å². The number of rotatable bonds is 3. The largest absolute Gasteiger partial charge is 0.266 e. The van der Waals surface area contributed by atoms with E-state index in [0.717, 1.165) is 11.3 Å². The summed E-state index contributed by atoms with van der Waals surface area (Å²) in [6.45, 7) is 12.0. The average molecular weight is 151 g/mol. The van der Waals surface area contributed by atoms with Crippen LogP contribution in [0.25, 0.3) is 0 Å². The zero-order valence-corrected chi connectivity index (χ0v) is 7.89. The molecule has 0 unspecified atom stereocenters. The Bertz CT molecular complexity index is 185. The minimum absolute atomic E-state index is 0.475. The smallest absolute Gasteiger partial charge is 0.0427 e. The summed E-state index contributed by atoms with van der Waals surface area (Å²) >= 11 is 0. The summed E-state index contributed by atoms with van der Waals surface area (Å²) in [4.78, 5) is 4.24. The Balaban J connectivity index is 4.46. The number of hydrogen-bond donors (Lipinski definition) is 0. The first kappa shape index (κ1) is 10.2. The van der Waals surface area contributed by atoms with Crippen LogP contribution in [-0.4, -0.2) is 6.21 Å². The van der Waals surface area contributed by atoms with Gasteiger partial charge in [-0.05, 0) is 25.8 Å². The Hall–Kier alpha value is -0.850. The molecule has 0 aliphatic heterocycles. The third-order valence-electron chi connectivity index (χ3n) is 1.26. The maximum atomic E-state index is 4.24. The number of allylic oxidation sites excluding steroid dienone is 3. The van der Waals surface area contributed by atoms with Gasteiger partial charge in [-0.15, -0.1) is 0 Å². The SMILES string of the molecule is C=C(C)/C=C(\N=CC)C(C)C. The normalized spacial score (nSPS) is 13.0. The van der Waals surface area contributed by atoms with Crippen LogP contribution in [0.15, 0.2) is 28.9 Å². The van der Waals surface area contributed by atoms with Gasteiger partial charge < -0.3 is 0 Å². The zero-order valence-electron chi connectivity index (χ0n) is 7.89. The molecule has 0 aromatic heterocycles. The Morgan fingerprint density at radius 1 is 1.45 bits per heavy atom. The topological polar surface area (TPSA) is 12.4 Å². The Morgan fingerprint density at radius 3 is 2.27 bits per heavy atom. The summed E-state index contributed by atoms with van der Waals surface area (Å²) in [7, 11) is 0. The summed E-state index contributed by atoms with van der Waals surface area (Å²) in [6.07, 6.45) is 3.83. The van der Waals surface area contributed by atoms with Crippen molar-refractivity contribution in [1.82, 2.24) is 0 Å². The van der Waals surface area contributed by atoms with E-state index in [1.54, 1.807) is 0 Å². The van der Waals surface area contributed by atoms with E-state index in [1.807, 2.05) is 26.1 Å². The quantitative estimate of drug-likeness (QED) is 0.434. The van der Waals surface area contributed by atoms with Gasteiger partial charge >= 0.3 is 0 Å². The standard InChI is InChI=1S/C10H17N/c1-6-11-10(9(4)5)7-8(2)3/h6-7,9H,2H2,1,3-5H3/b10-7-,11-6?. The second kappa shape index (κ2) is 4.89. The molecule has 1 heteroatoms. The highest BCUT2D eigenvalue weighted by molar-refractivity contribution is 5.55. The van der Waals surface area contributed by atoms with Gasteiger partial charge in [0.25, 0.3) is 0 Å². The van der Waals surface area contributed by atoms with E-state index < -0.39 is 0 Å². The molecule has 0 bridgehead atoms. The molecule has 0 fully saturated rings. The molecule has 0 heterocycles. The van der Waals surface area contributed by atoms with Crippen LogP contribution in [0.1, 0.15) is 27.7 Å². The zero-order chi connectivity index (χ0) is 8.85. The van der Waals surface area contributed by atoms with E-state index in [1.165, 1.54) is 0 Å². The van der Waals surface area contributed by atoms with Crippen molar-refractivity contribution >= 4 is 6.21 Å². The van der Waals surface area contributed by atoms with E-state index in [-0.39, 0.29) is 0 Å². The maximum Gasteiger partial charge on any atom is 0.0427 e. The highest BCUT2D eigenvalue weighted by atomic mass is 14.7. The third-order valence-corrected chi connectivity index (χ3v) is 1.26. The predicted octanol–water partition coefficient (Wildman–Crippen LogP) is 3.19. The van der Waals surface area contributed by atoms with Gasteiger partial charge in [0, 0.05) is 11.9 Å². The van der Waals surface area contributed by atoms with E-state index in [2.05, 4.69) is 25.4 Å². The summed E-state index contributed by atoms with van der Waals surface area (Å²) in [5, 5.41) is 0. The minimum atomic E-state index is 0.475. The second-order valence-electron chi connectivity index (χ2n) is 2.96. The van der Waals surface area contributed by atoms with Gasteiger partial charge in [0.1, 0.15) is 0 Å². The van der Waals surface area contributed by atoms with Crippen molar-refractivity contribution < 1.29 is 0 Å². The van der Waals surface area contributed by atoms with Crippen LogP contribution in [-0.2, 0) is 0 Å². The molecule has 0 amide bonds. The van der Waals surface area contributed by atoms with Gasteiger partial charge in [0.05, 0.1) is 0 Å². The highest BCUT2D eigenvalue weighted by Crippen LogP contribution is 2.12. The fourth-order valence-corrected chi connectivity index (χ4v) is 0.755. The number of aliphatic imine (C=N–C) groups is 1. The molecule has 0 radical (unpaired) electrons. The monoisotopic (exact) mass is 151 g/mol. The van der Waals surface area contributed by atoms with Crippen LogP contribution in [0, 0.1) is 5.92 Å². The van der Waals surface area contributed by atoms with Crippen LogP contribution in [0.4, 0.5) is 0 Å². The van der Waals surface area contributed by atoms with E-state index in [9.17, 15) is 0 Å². The molecular formula is C10H17N. The molecule has 0 aromatic rings. The van der Waals surface area contributed by atoms with Crippen molar-refractivity contribution in [2.24, 2.45) is 10.9 Å². The molecule has 0 N–H and O–H groups in total. The van der Waals surface area contributed by atoms with Crippen LogP contribution in [0.2, 0.25) is 0 Å². The van der Waals surface area contributed by atoms with Crippen molar-refractivity contribution in [3.8, 4) is 0 Å². The van der Waals surface area contributed by atoms with Crippen molar-refractivity contribution in [2.75, 3.05) is 0 Å². The fraction of sp³-hybridized carbons (Fsp3) is 0.500. The van der Waals surface area contributed by atoms with Crippen LogP contribution in [0.5, 0.6) is 0 Å². The average Bonchev–Trinajstić information content (AvgIpc) is 1.86. The molecular weight excluding hydrogens is 134 g/mol. The van der Waals surface area contributed by atoms with Crippen molar-refractivity contribution in [3.63, 3.8) is 0 Å². The molecule has 11 heavy (non-hydrogen) atoms. The van der Waals surface area contributed by atoms with E-state index >= 15 is 0 Å². The molecule has 0 atom stereocenters. The summed E-state index contributed by atoms with van der Waals surface area (Å²) in [5.74, 6) is 0.475. The highest BCUT2D eigenvalue weighted by Gasteiger charge is 1.98. The number of nitrogens with zero attached hydrogens (tertiary/aromatic N) is 1. The van der Waals surface area contributed by atoms with Crippen molar-refractivity contribution in [2.45, 2.75) is 27.7 Å². The third kappa shape index (κ3) is 4.54. The van der Waals surface area contributed by atoms with Crippen molar-refractivity contribution in [1.29, 1.82) is 0 Å². The Kier molecular flexibility index (Phi) is 4.51. The first-order valence-electron chi connectivity index (χ1n) is 3.93. The molecule has 0 saturated carbocycles. The van der Waals surface area contributed by atoms with Gasteiger partial charge in [-0.1, -0.05) is 26.0 Å². The molecule has 62 valence electrons. The summed E-state index contributed by atoms with van der Waals surface area (Å²) in [5.41, 5.74) is 2.15. The van der Waals surface area contributed by atoms with Crippen LogP contribution < -0.4 is 0 Å². The molecule has 0 rings (SSSR count). The number of hydrogen-bond acceptors (Lipinski definition) is 1. The van der Waals surface area contributed by atoms with Gasteiger partial charge in [0.15, 0.2) is 0 Å². The fourth-order valence-electron chi connectivity index (χ4n) is 0.755. The van der Waals surface area contributed by atoms with E-state index in [4.69, 9.17) is 0 Å². The predicted molar refractivity (Wildman–Crippen MR) is 51.9 cm³/mol. The summed E-state index contributed by atoms with van der Waals surface area (Å²) in [6, 6.07) is 0. The maximum absolute atomic E-state index is 4.24. The van der Waals surface area contributed by atoms with Gasteiger partial charge in [-0.3, -0.25) is 4.99 Å².